The van der Waals surface area contributed by atoms with E-state index in [1.54, 1.807) is 12.1 Å². The van der Waals surface area contributed by atoms with Crippen LogP contribution in [0.25, 0.3) is 0 Å². The number of hydrogen-bond donors (Lipinski definition) is 0. The minimum atomic E-state index is -0.0151. The van der Waals surface area contributed by atoms with Crippen LogP contribution in [0.15, 0.2) is 21.2 Å². The van der Waals surface area contributed by atoms with Gasteiger partial charge in [-0.15, -0.1) is 0 Å². The Hall–Kier alpha value is -0.460. The zero-order chi connectivity index (χ0) is 13.9. The molecule has 3 heterocycles. The summed E-state index contributed by atoms with van der Waals surface area (Å²) < 4.78 is 11.7. The summed E-state index contributed by atoms with van der Waals surface area (Å²) in [5, 5.41) is 0. The summed E-state index contributed by atoms with van der Waals surface area (Å²) in [4.78, 5) is 14.6. The summed E-state index contributed by atoms with van der Waals surface area (Å²) in [5.74, 6) is 2.53. The number of amides is 1. The van der Waals surface area contributed by atoms with Crippen LogP contribution in [0.2, 0.25) is 0 Å². The topological polar surface area (TPSA) is 42.7 Å². The molecule has 2 saturated heterocycles. The van der Waals surface area contributed by atoms with Crippen LogP contribution in [0.3, 0.4) is 0 Å². The van der Waals surface area contributed by atoms with E-state index in [1.807, 2.05) is 16.7 Å². The lowest BCUT2D eigenvalue weighted by Crippen LogP contribution is -2.44. The summed E-state index contributed by atoms with van der Waals surface area (Å²) in [6.45, 7) is 1.50. The predicted octanol–water partition coefficient (Wildman–Crippen LogP) is 3.17. The van der Waals surface area contributed by atoms with Crippen LogP contribution in [0.5, 0.6) is 0 Å². The Morgan fingerprint density at radius 1 is 1.45 bits per heavy atom. The Morgan fingerprint density at radius 2 is 2.35 bits per heavy atom. The molecule has 0 radical (unpaired) electrons. The Labute approximate surface area is 131 Å². The smallest absolute Gasteiger partial charge is 0.289 e. The molecule has 6 heteroatoms. The van der Waals surface area contributed by atoms with Gasteiger partial charge in [0.25, 0.3) is 5.91 Å². The van der Waals surface area contributed by atoms with Gasteiger partial charge in [0.2, 0.25) is 0 Å². The van der Waals surface area contributed by atoms with Gasteiger partial charge in [-0.1, -0.05) is 0 Å². The molecule has 0 bridgehead atoms. The molecule has 0 N–H and O–H groups in total. The number of carbonyl (C=O) groups excluding carboxylic acids is 1. The highest BCUT2D eigenvalue weighted by atomic mass is 79.9. The minimum absolute atomic E-state index is 0.0151. The Bertz CT molecular complexity index is 467. The van der Waals surface area contributed by atoms with Crippen LogP contribution in [0.1, 0.15) is 29.8 Å². The van der Waals surface area contributed by atoms with E-state index < -0.39 is 0 Å². The fourth-order valence-corrected chi connectivity index (χ4v) is 4.27. The van der Waals surface area contributed by atoms with Crippen molar-refractivity contribution >= 4 is 33.6 Å². The van der Waals surface area contributed by atoms with Crippen LogP contribution in [-0.4, -0.2) is 47.6 Å². The van der Waals surface area contributed by atoms with Crippen molar-refractivity contribution in [2.24, 2.45) is 0 Å². The lowest BCUT2D eigenvalue weighted by molar-refractivity contribution is 0.0417. The van der Waals surface area contributed by atoms with Gasteiger partial charge in [-0.2, -0.15) is 11.8 Å². The van der Waals surface area contributed by atoms with Crippen LogP contribution < -0.4 is 0 Å². The SMILES string of the molecule is O=C(c1ccc(Br)o1)N(CC1CCCO1)C1CCSC1. The van der Waals surface area contributed by atoms with Gasteiger partial charge < -0.3 is 14.1 Å². The summed E-state index contributed by atoms with van der Waals surface area (Å²) in [6, 6.07) is 3.80. The van der Waals surface area contributed by atoms with Gasteiger partial charge in [-0.05, 0) is 53.1 Å². The van der Waals surface area contributed by atoms with Gasteiger partial charge in [-0.25, -0.2) is 0 Å². The molecule has 110 valence electrons. The van der Waals surface area contributed by atoms with Crippen LogP contribution in [0, 0.1) is 0 Å². The van der Waals surface area contributed by atoms with Crippen molar-refractivity contribution in [1.82, 2.24) is 4.90 Å². The second-order valence-electron chi connectivity index (χ2n) is 5.21. The van der Waals surface area contributed by atoms with Crippen LogP contribution >= 0.6 is 27.7 Å². The van der Waals surface area contributed by atoms with E-state index in [0.29, 0.717) is 23.0 Å². The van der Waals surface area contributed by atoms with E-state index in [0.717, 1.165) is 37.4 Å². The van der Waals surface area contributed by atoms with Crippen molar-refractivity contribution in [2.45, 2.75) is 31.4 Å². The molecule has 0 aromatic carbocycles. The third-order valence-electron chi connectivity index (χ3n) is 3.82. The van der Waals surface area contributed by atoms with E-state index in [9.17, 15) is 4.79 Å². The van der Waals surface area contributed by atoms with Gasteiger partial charge in [-0.3, -0.25) is 4.79 Å². The van der Waals surface area contributed by atoms with Crippen LogP contribution in [0.4, 0.5) is 0 Å². The first-order valence-electron chi connectivity index (χ1n) is 6.99. The van der Waals surface area contributed by atoms with E-state index in [-0.39, 0.29) is 12.0 Å². The van der Waals surface area contributed by atoms with Crippen molar-refractivity contribution in [3.8, 4) is 0 Å². The van der Waals surface area contributed by atoms with Gasteiger partial charge in [0.1, 0.15) is 0 Å². The largest absolute Gasteiger partial charge is 0.444 e. The average Bonchev–Trinajstić information content (AvgIpc) is 3.17. The molecule has 1 aromatic heterocycles. The lowest BCUT2D eigenvalue weighted by Gasteiger charge is -2.30. The molecular formula is C14H18BrNO3S. The number of halogens is 1. The number of thioether (sulfide) groups is 1. The zero-order valence-electron chi connectivity index (χ0n) is 11.2. The molecule has 2 aliphatic heterocycles. The monoisotopic (exact) mass is 359 g/mol. The highest BCUT2D eigenvalue weighted by Crippen LogP contribution is 2.26. The van der Waals surface area contributed by atoms with E-state index in [2.05, 4.69) is 15.9 Å². The van der Waals surface area contributed by atoms with Crippen molar-refractivity contribution in [3.63, 3.8) is 0 Å². The summed E-state index contributed by atoms with van der Waals surface area (Å²) in [5.41, 5.74) is 0. The molecule has 3 rings (SSSR count). The molecule has 2 atom stereocenters. The maximum Gasteiger partial charge on any atom is 0.289 e. The quantitative estimate of drug-likeness (QED) is 0.827. The first-order chi connectivity index (χ1) is 9.74. The lowest BCUT2D eigenvalue weighted by atomic mass is 10.1. The normalized spacial score (nSPS) is 26.1. The third kappa shape index (κ3) is 3.23. The summed E-state index contributed by atoms with van der Waals surface area (Å²) in [7, 11) is 0. The number of ether oxygens (including phenoxy) is 1. The van der Waals surface area contributed by atoms with Crippen molar-refractivity contribution in [3.05, 3.63) is 22.6 Å². The van der Waals surface area contributed by atoms with Crippen LogP contribution in [-0.2, 0) is 4.74 Å². The van der Waals surface area contributed by atoms with Crippen molar-refractivity contribution in [1.29, 1.82) is 0 Å². The maximum absolute atomic E-state index is 12.7. The van der Waals surface area contributed by atoms with Crippen molar-refractivity contribution < 1.29 is 13.9 Å². The first kappa shape index (κ1) is 14.5. The minimum Gasteiger partial charge on any atom is -0.444 e. The van der Waals surface area contributed by atoms with E-state index >= 15 is 0 Å². The van der Waals surface area contributed by atoms with Crippen molar-refractivity contribution in [2.75, 3.05) is 24.7 Å². The first-order valence-corrected chi connectivity index (χ1v) is 8.94. The van der Waals surface area contributed by atoms with E-state index in [4.69, 9.17) is 9.15 Å². The molecule has 4 nitrogen and oxygen atoms in total. The molecule has 0 spiro atoms. The summed E-state index contributed by atoms with van der Waals surface area (Å²) in [6.07, 6.45) is 3.39. The Morgan fingerprint density at radius 3 is 2.95 bits per heavy atom. The molecular weight excluding hydrogens is 342 g/mol. The number of carbonyl (C=O) groups is 1. The fourth-order valence-electron chi connectivity index (χ4n) is 2.74. The highest BCUT2D eigenvalue weighted by Gasteiger charge is 2.32. The molecule has 0 aliphatic carbocycles. The number of nitrogens with zero attached hydrogens (tertiary/aromatic N) is 1. The predicted molar refractivity (Wildman–Crippen MR) is 82.1 cm³/mol. The highest BCUT2D eigenvalue weighted by molar-refractivity contribution is 9.10. The second kappa shape index (κ2) is 6.54. The molecule has 0 saturated carbocycles. The Balaban J connectivity index is 1.74. The average molecular weight is 360 g/mol. The fraction of sp³-hybridized carbons (Fsp3) is 0.643. The molecule has 1 amide bonds. The van der Waals surface area contributed by atoms with Gasteiger partial charge in [0.15, 0.2) is 10.4 Å². The maximum atomic E-state index is 12.7. The molecule has 2 fully saturated rings. The molecule has 20 heavy (non-hydrogen) atoms. The standard InChI is InChI=1S/C14H18BrNO3S/c15-13-4-3-12(19-13)14(17)16(10-5-7-20-9-10)8-11-2-1-6-18-11/h3-4,10-11H,1-2,5-9H2. The number of hydrogen-bond acceptors (Lipinski definition) is 4. The molecule has 1 aromatic rings. The molecule has 2 aliphatic rings. The van der Waals surface area contributed by atoms with Gasteiger partial charge in [0, 0.05) is 24.9 Å². The third-order valence-corrected chi connectivity index (χ3v) is 5.39. The number of rotatable bonds is 4. The van der Waals surface area contributed by atoms with Gasteiger partial charge in [0.05, 0.1) is 6.10 Å². The Kier molecular flexibility index (Phi) is 4.73. The number of furan rings is 1. The summed E-state index contributed by atoms with van der Waals surface area (Å²) >= 11 is 5.17. The second-order valence-corrected chi connectivity index (χ2v) is 7.15. The van der Waals surface area contributed by atoms with Gasteiger partial charge >= 0.3 is 0 Å². The molecule has 2 unspecified atom stereocenters. The zero-order valence-corrected chi connectivity index (χ0v) is 13.6. The van der Waals surface area contributed by atoms with E-state index in [1.165, 1.54) is 0 Å².